The van der Waals surface area contributed by atoms with Crippen LogP contribution in [0, 0.1) is 0 Å². The third-order valence-electron chi connectivity index (χ3n) is 4.17. The van der Waals surface area contributed by atoms with Crippen LogP contribution in [-0.4, -0.2) is 39.2 Å². The lowest BCUT2D eigenvalue weighted by Gasteiger charge is -2.19. The fourth-order valence-electron chi connectivity index (χ4n) is 2.72. The van der Waals surface area contributed by atoms with Crippen molar-refractivity contribution in [1.82, 2.24) is 4.90 Å². The summed E-state index contributed by atoms with van der Waals surface area (Å²) < 4.78 is 16.0. The molecule has 0 saturated carbocycles. The summed E-state index contributed by atoms with van der Waals surface area (Å²) in [5, 5.41) is 0.614. The Hall–Kier alpha value is -2.40. The number of carbonyl (C=O) groups is 1. The molecule has 0 heterocycles. The number of hydrogen-bond acceptors (Lipinski definition) is 4. The van der Waals surface area contributed by atoms with E-state index in [-0.39, 0.29) is 5.91 Å². The second-order valence-electron chi connectivity index (χ2n) is 5.88. The fraction of sp³-hybridized carbons (Fsp3) is 0.350. The van der Waals surface area contributed by atoms with Gasteiger partial charge < -0.3 is 19.1 Å². The number of rotatable bonds is 8. The third kappa shape index (κ3) is 5.05. The molecule has 0 N–H and O–H groups in total. The number of carbonyl (C=O) groups excluding carboxylic acids is 1. The van der Waals surface area contributed by atoms with E-state index in [9.17, 15) is 4.79 Å². The first-order valence-electron chi connectivity index (χ1n) is 8.25. The van der Waals surface area contributed by atoms with Gasteiger partial charge in [0.2, 0.25) is 5.91 Å². The maximum absolute atomic E-state index is 12.5. The second kappa shape index (κ2) is 9.34. The second-order valence-corrected chi connectivity index (χ2v) is 6.32. The quantitative estimate of drug-likeness (QED) is 0.698. The van der Waals surface area contributed by atoms with Gasteiger partial charge in [-0.2, -0.15) is 0 Å². The Bertz CT molecular complexity index is 763. The van der Waals surface area contributed by atoms with E-state index in [1.165, 1.54) is 0 Å². The van der Waals surface area contributed by atoms with Crippen LogP contribution in [0.25, 0.3) is 0 Å². The van der Waals surface area contributed by atoms with Crippen LogP contribution >= 0.6 is 11.6 Å². The Balaban J connectivity index is 2.03. The summed E-state index contributed by atoms with van der Waals surface area (Å²) in [5.74, 6) is 2.23. The molecule has 2 aromatic rings. The number of halogens is 1. The zero-order valence-corrected chi connectivity index (χ0v) is 16.3. The van der Waals surface area contributed by atoms with Gasteiger partial charge in [0.1, 0.15) is 17.2 Å². The molecule has 0 fully saturated rings. The molecule has 2 rings (SSSR count). The first-order valence-corrected chi connectivity index (χ1v) is 8.63. The number of nitrogens with zero attached hydrogens (tertiary/aromatic N) is 1. The number of ether oxygens (including phenoxy) is 3. The van der Waals surface area contributed by atoms with Crippen molar-refractivity contribution in [2.24, 2.45) is 0 Å². The molecule has 0 aromatic heterocycles. The predicted molar refractivity (Wildman–Crippen MR) is 102 cm³/mol. The summed E-state index contributed by atoms with van der Waals surface area (Å²) in [6, 6.07) is 11.0. The molecule has 0 aliphatic heterocycles. The van der Waals surface area contributed by atoms with Crippen LogP contribution in [0.15, 0.2) is 36.4 Å². The van der Waals surface area contributed by atoms with Crippen molar-refractivity contribution < 1.29 is 19.0 Å². The molecule has 140 valence electrons. The van der Waals surface area contributed by atoms with Gasteiger partial charge >= 0.3 is 0 Å². The Morgan fingerprint density at radius 2 is 1.62 bits per heavy atom. The smallest absolute Gasteiger partial charge is 0.222 e. The first kappa shape index (κ1) is 19.9. The Morgan fingerprint density at radius 3 is 2.27 bits per heavy atom. The van der Waals surface area contributed by atoms with Gasteiger partial charge in [0.05, 0.1) is 21.3 Å². The molecule has 26 heavy (non-hydrogen) atoms. The average Bonchev–Trinajstić information content (AvgIpc) is 2.65. The predicted octanol–water partition coefficient (Wildman–Crippen LogP) is 3.96. The summed E-state index contributed by atoms with van der Waals surface area (Å²) in [6.07, 6.45) is 0.930. The van der Waals surface area contributed by atoms with Crippen LogP contribution in [-0.2, 0) is 17.8 Å². The Morgan fingerprint density at radius 1 is 0.962 bits per heavy atom. The van der Waals surface area contributed by atoms with Crippen LogP contribution < -0.4 is 14.2 Å². The standard InChI is InChI=1S/C20H24ClNO4/c1-22(13-15-11-16(21)6-8-19(15)26-4)20(23)10-5-14-12-17(24-2)7-9-18(14)25-3/h6-9,11-12H,5,10,13H2,1-4H3. The van der Waals surface area contributed by atoms with Crippen molar-refractivity contribution in [2.45, 2.75) is 19.4 Å². The topological polar surface area (TPSA) is 48.0 Å². The molecular weight excluding hydrogens is 354 g/mol. The lowest BCUT2D eigenvalue weighted by Crippen LogP contribution is -2.26. The van der Waals surface area contributed by atoms with Crippen molar-refractivity contribution in [3.8, 4) is 17.2 Å². The number of amides is 1. The minimum atomic E-state index is 0.0249. The van der Waals surface area contributed by atoms with Gasteiger partial charge in [-0.05, 0) is 48.4 Å². The van der Waals surface area contributed by atoms with E-state index in [0.29, 0.717) is 30.2 Å². The van der Waals surface area contributed by atoms with E-state index in [1.807, 2.05) is 24.3 Å². The molecule has 1 amide bonds. The van der Waals surface area contributed by atoms with Crippen molar-refractivity contribution >= 4 is 17.5 Å². The molecule has 6 heteroatoms. The molecule has 0 aliphatic rings. The van der Waals surface area contributed by atoms with E-state index < -0.39 is 0 Å². The normalized spacial score (nSPS) is 10.3. The summed E-state index contributed by atoms with van der Waals surface area (Å²) in [7, 11) is 6.60. The molecule has 2 aromatic carbocycles. The van der Waals surface area contributed by atoms with E-state index in [1.54, 1.807) is 45.4 Å². The first-order chi connectivity index (χ1) is 12.5. The number of aryl methyl sites for hydroxylation is 1. The highest BCUT2D eigenvalue weighted by Gasteiger charge is 2.14. The average molecular weight is 378 g/mol. The summed E-state index contributed by atoms with van der Waals surface area (Å²) >= 11 is 6.06. The molecule has 0 bridgehead atoms. The molecule has 0 radical (unpaired) electrons. The molecular formula is C20H24ClNO4. The third-order valence-corrected chi connectivity index (χ3v) is 4.41. The Kier molecular flexibility index (Phi) is 7.16. The number of methoxy groups -OCH3 is 3. The lowest BCUT2D eigenvalue weighted by molar-refractivity contribution is -0.130. The van der Waals surface area contributed by atoms with E-state index >= 15 is 0 Å². The van der Waals surface area contributed by atoms with Gasteiger partial charge in [-0.1, -0.05) is 11.6 Å². The van der Waals surface area contributed by atoms with Crippen LogP contribution in [0.5, 0.6) is 17.2 Å². The van der Waals surface area contributed by atoms with Crippen LogP contribution in [0.2, 0.25) is 5.02 Å². The van der Waals surface area contributed by atoms with Crippen LogP contribution in [0.4, 0.5) is 0 Å². The van der Waals surface area contributed by atoms with Gasteiger partial charge in [0, 0.05) is 30.6 Å². The molecule has 0 spiro atoms. The summed E-state index contributed by atoms with van der Waals surface area (Å²) in [4.78, 5) is 14.2. The highest BCUT2D eigenvalue weighted by molar-refractivity contribution is 6.30. The molecule has 0 unspecified atom stereocenters. The van der Waals surface area contributed by atoms with Crippen LogP contribution in [0.3, 0.4) is 0 Å². The van der Waals surface area contributed by atoms with Crippen molar-refractivity contribution in [3.05, 3.63) is 52.5 Å². The van der Waals surface area contributed by atoms with Crippen LogP contribution in [0.1, 0.15) is 17.5 Å². The summed E-state index contributed by atoms with van der Waals surface area (Å²) in [5.41, 5.74) is 1.81. The maximum Gasteiger partial charge on any atom is 0.222 e. The molecule has 0 aliphatic carbocycles. The molecule has 0 atom stereocenters. The Labute approximate surface area is 159 Å². The maximum atomic E-state index is 12.5. The fourth-order valence-corrected chi connectivity index (χ4v) is 2.92. The van der Waals surface area contributed by atoms with Crippen molar-refractivity contribution in [1.29, 1.82) is 0 Å². The van der Waals surface area contributed by atoms with Gasteiger partial charge in [-0.25, -0.2) is 0 Å². The van der Waals surface area contributed by atoms with E-state index in [2.05, 4.69) is 0 Å². The molecule has 5 nitrogen and oxygen atoms in total. The summed E-state index contributed by atoms with van der Waals surface area (Å²) in [6.45, 7) is 0.428. The van der Waals surface area contributed by atoms with E-state index in [0.717, 1.165) is 22.6 Å². The van der Waals surface area contributed by atoms with Crippen molar-refractivity contribution in [2.75, 3.05) is 28.4 Å². The number of benzene rings is 2. The highest BCUT2D eigenvalue weighted by atomic mass is 35.5. The minimum Gasteiger partial charge on any atom is -0.497 e. The van der Waals surface area contributed by atoms with Gasteiger partial charge in [0.15, 0.2) is 0 Å². The van der Waals surface area contributed by atoms with E-state index in [4.69, 9.17) is 25.8 Å². The lowest BCUT2D eigenvalue weighted by atomic mass is 10.1. The SMILES string of the molecule is COc1ccc(OC)c(CCC(=O)N(C)Cc2cc(Cl)ccc2OC)c1. The minimum absolute atomic E-state index is 0.0249. The zero-order valence-electron chi connectivity index (χ0n) is 15.5. The van der Waals surface area contributed by atoms with Gasteiger partial charge in [0.25, 0.3) is 0 Å². The van der Waals surface area contributed by atoms with Gasteiger partial charge in [-0.15, -0.1) is 0 Å². The highest BCUT2D eigenvalue weighted by Crippen LogP contribution is 2.26. The molecule has 0 saturated heterocycles. The number of hydrogen-bond donors (Lipinski definition) is 0. The monoisotopic (exact) mass is 377 g/mol. The largest absolute Gasteiger partial charge is 0.497 e. The zero-order chi connectivity index (χ0) is 19.1. The van der Waals surface area contributed by atoms with Gasteiger partial charge in [-0.3, -0.25) is 4.79 Å². The van der Waals surface area contributed by atoms with Crippen molar-refractivity contribution in [3.63, 3.8) is 0 Å².